The fraction of sp³-hybridized carbons (Fsp3) is 0.364. The molecule has 0 saturated heterocycles. The number of aromatic nitrogens is 4. The maximum atomic E-state index is 13.6. The second-order valence-corrected chi connectivity index (χ2v) is 8.80. The molecular formula is C22H23Cl2N5O2. The van der Waals surface area contributed by atoms with Crippen molar-refractivity contribution < 1.29 is 9.53 Å². The molecule has 9 heteroatoms. The Morgan fingerprint density at radius 3 is 2.68 bits per heavy atom. The Hall–Kier alpha value is -2.48. The number of aryl methyl sites for hydroxylation is 1. The van der Waals surface area contributed by atoms with E-state index in [4.69, 9.17) is 27.9 Å². The molecule has 4 rings (SSSR count). The predicted molar refractivity (Wildman–Crippen MR) is 119 cm³/mol. The standard InChI is InChI=1S/C22H23Cl2N5O2/c1-13(2)12-29-18-8-7-14(23)11-16(18)21(15-5-3-4-6-17(15)24)31-19(22(29)30)9-10-20-25-27-28-26-20/h3-8,11,13,19,21H,9-10,12H2,1-2H3,(H,25,26,27,28)/t19-,21-/m1/s1. The van der Waals surface area contributed by atoms with Crippen LogP contribution in [0.2, 0.25) is 10.0 Å². The van der Waals surface area contributed by atoms with Gasteiger partial charge in [0.15, 0.2) is 0 Å². The Labute approximate surface area is 190 Å². The van der Waals surface area contributed by atoms with Crippen molar-refractivity contribution in [1.29, 1.82) is 0 Å². The lowest BCUT2D eigenvalue weighted by Crippen LogP contribution is -2.41. The second kappa shape index (κ2) is 9.34. The summed E-state index contributed by atoms with van der Waals surface area (Å²) in [5.74, 6) is 0.772. The SMILES string of the molecule is CC(C)CN1C(=O)[C@@H](CCc2nnn[nH]2)O[C@H](c2ccccc2Cl)c2cc(Cl)ccc21. The number of benzene rings is 2. The first-order chi connectivity index (χ1) is 14.9. The minimum absolute atomic E-state index is 0.0979. The lowest BCUT2D eigenvalue weighted by atomic mass is 9.99. The molecule has 1 aliphatic heterocycles. The van der Waals surface area contributed by atoms with E-state index in [9.17, 15) is 4.79 Å². The highest BCUT2D eigenvalue weighted by Crippen LogP contribution is 2.42. The average molecular weight is 460 g/mol. The highest BCUT2D eigenvalue weighted by atomic mass is 35.5. The molecule has 162 valence electrons. The van der Waals surface area contributed by atoms with Crippen LogP contribution in [0.1, 0.15) is 43.3 Å². The van der Waals surface area contributed by atoms with Crippen LogP contribution >= 0.6 is 23.2 Å². The largest absolute Gasteiger partial charge is 0.356 e. The molecule has 0 aliphatic carbocycles. The van der Waals surface area contributed by atoms with E-state index in [0.717, 1.165) is 16.8 Å². The molecule has 31 heavy (non-hydrogen) atoms. The van der Waals surface area contributed by atoms with Crippen molar-refractivity contribution in [3.05, 3.63) is 69.5 Å². The fourth-order valence-corrected chi connectivity index (χ4v) is 4.21. The van der Waals surface area contributed by atoms with Crippen LogP contribution in [0.25, 0.3) is 0 Å². The molecular weight excluding hydrogens is 437 g/mol. The number of hydrogen-bond acceptors (Lipinski definition) is 5. The number of H-pyrrole nitrogens is 1. The first-order valence-electron chi connectivity index (χ1n) is 10.2. The summed E-state index contributed by atoms with van der Waals surface area (Å²) in [6, 6.07) is 13.0. The molecule has 0 fully saturated rings. The molecule has 1 aromatic heterocycles. The number of nitrogens with zero attached hydrogens (tertiary/aromatic N) is 4. The van der Waals surface area contributed by atoms with E-state index >= 15 is 0 Å². The third-order valence-electron chi connectivity index (χ3n) is 5.17. The van der Waals surface area contributed by atoms with Gasteiger partial charge in [-0.05, 0) is 47.0 Å². The number of amides is 1. The van der Waals surface area contributed by atoms with Gasteiger partial charge in [-0.2, -0.15) is 0 Å². The van der Waals surface area contributed by atoms with Gasteiger partial charge in [0.1, 0.15) is 18.0 Å². The summed E-state index contributed by atoms with van der Waals surface area (Å²) in [7, 11) is 0. The van der Waals surface area contributed by atoms with E-state index in [1.165, 1.54) is 0 Å². The molecule has 2 heterocycles. The van der Waals surface area contributed by atoms with Gasteiger partial charge >= 0.3 is 0 Å². The van der Waals surface area contributed by atoms with Gasteiger partial charge in [0, 0.05) is 39.8 Å². The average Bonchev–Trinajstić information content (AvgIpc) is 3.23. The molecule has 2 atom stereocenters. The molecule has 0 spiro atoms. The van der Waals surface area contributed by atoms with Gasteiger partial charge in [-0.25, -0.2) is 5.10 Å². The number of halogens is 2. The highest BCUT2D eigenvalue weighted by molar-refractivity contribution is 6.31. The second-order valence-electron chi connectivity index (χ2n) is 7.96. The molecule has 0 unspecified atom stereocenters. The quantitative estimate of drug-likeness (QED) is 0.581. The van der Waals surface area contributed by atoms with Crippen molar-refractivity contribution in [2.75, 3.05) is 11.4 Å². The van der Waals surface area contributed by atoms with Crippen molar-refractivity contribution in [2.45, 2.75) is 38.9 Å². The van der Waals surface area contributed by atoms with E-state index in [0.29, 0.717) is 35.3 Å². The highest BCUT2D eigenvalue weighted by Gasteiger charge is 2.37. The van der Waals surface area contributed by atoms with Gasteiger partial charge in [-0.3, -0.25) is 4.79 Å². The number of tetrazole rings is 1. The van der Waals surface area contributed by atoms with E-state index in [2.05, 4.69) is 34.5 Å². The first-order valence-corrected chi connectivity index (χ1v) is 10.9. The Kier molecular flexibility index (Phi) is 6.55. The van der Waals surface area contributed by atoms with Gasteiger partial charge < -0.3 is 9.64 Å². The zero-order chi connectivity index (χ0) is 22.0. The fourth-order valence-electron chi connectivity index (χ4n) is 3.80. The van der Waals surface area contributed by atoms with Crippen LogP contribution in [0.5, 0.6) is 0 Å². The lowest BCUT2D eigenvalue weighted by molar-refractivity contribution is -0.132. The van der Waals surface area contributed by atoms with E-state index in [1.807, 2.05) is 36.4 Å². The van der Waals surface area contributed by atoms with Crippen LogP contribution in [0.15, 0.2) is 42.5 Å². The van der Waals surface area contributed by atoms with Crippen LogP contribution in [0.3, 0.4) is 0 Å². The molecule has 0 saturated carbocycles. The molecule has 2 aromatic carbocycles. The third kappa shape index (κ3) is 4.74. The smallest absolute Gasteiger partial charge is 0.256 e. The number of carbonyl (C=O) groups is 1. The molecule has 0 bridgehead atoms. The molecule has 3 aromatic rings. The van der Waals surface area contributed by atoms with Crippen molar-refractivity contribution >= 4 is 34.8 Å². The zero-order valence-corrected chi connectivity index (χ0v) is 18.8. The van der Waals surface area contributed by atoms with E-state index in [1.54, 1.807) is 11.0 Å². The molecule has 1 amide bonds. The number of rotatable bonds is 6. The number of ether oxygens (including phenoxy) is 1. The normalized spacial score (nSPS) is 18.9. The van der Waals surface area contributed by atoms with E-state index < -0.39 is 12.2 Å². The van der Waals surface area contributed by atoms with Gasteiger partial charge in [-0.1, -0.05) is 55.2 Å². The minimum atomic E-state index is -0.698. The number of fused-ring (bicyclic) bond motifs is 1. The topological polar surface area (TPSA) is 84.0 Å². The van der Waals surface area contributed by atoms with Crippen LogP contribution < -0.4 is 4.90 Å². The number of nitrogens with one attached hydrogen (secondary N) is 1. The number of carbonyl (C=O) groups excluding carboxylic acids is 1. The van der Waals surface area contributed by atoms with Crippen LogP contribution in [-0.4, -0.2) is 39.2 Å². The Bertz CT molecular complexity index is 1060. The summed E-state index contributed by atoms with van der Waals surface area (Å²) in [6.45, 7) is 4.72. The summed E-state index contributed by atoms with van der Waals surface area (Å²) in [5.41, 5.74) is 2.40. The minimum Gasteiger partial charge on any atom is -0.356 e. The maximum absolute atomic E-state index is 13.6. The monoisotopic (exact) mass is 459 g/mol. The lowest BCUT2D eigenvalue weighted by Gasteiger charge is -2.26. The van der Waals surface area contributed by atoms with Crippen LogP contribution in [0, 0.1) is 5.92 Å². The van der Waals surface area contributed by atoms with E-state index in [-0.39, 0.29) is 11.8 Å². The van der Waals surface area contributed by atoms with Crippen molar-refractivity contribution in [3.8, 4) is 0 Å². The summed E-state index contributed by atoms with van der Waals surface area (Å²) < 4.78 is 6.47. The first kappa shape index (κ1) is 21.7. The van der Waals surface area contributed by atoms with Crippen molar-refractivity contribution in [2.24, 2.45) is 5.92 Å². The maximum Gasteiger partial charge on any atom is 0.256 e. The van der Waals surface area contributed by atoms with Gasteiger partial charge in [0.25, 0.3) is 5.91 Å². The Morgan fingerprint density at radius 1 is 1.16 bits per heavy atom. The van der Waals surface area contributed by atoms with Gasteiger partial charge in [0.2, 0.25) is 0 Å². The number of hydrogen-bond donors (Lipinski definition) is 1. The molecule has 1 aliphatic rings. The number of aromatic amines is 1. The Morgan fingerprint density at radius 2 is 1.97 bits per heavy atom. The predicted octanol–water partition coefficient (Wildman–Crippen LogP) is 4.62. The van der Waals surface area contributed by atoms with Gasteiger partial charge in [0.05, 0.1) is 0 Å². The summed E-state index contributed by atoms with van der Waals surface area (Å²) >= 11 is 12.9. The summed E-state index contributed by atoms with van der Waals surface area (Å²) in [4.78, 5) is 15.4. The van der Waals surface area contributed by atoms with Gasteiger partial charge in [-0.15, -0.1) is 5.10 Å². The molecule has 0 radical (unpaired) electrons. The third-order valence-corrected chi connectivity index (χ3v) is 5.75. The Balaban J connectivity index is 1.80. The zero-order valence-electron chi connectivity index (χ0n) is 17.3. The summed E-state index contributed by atoms with van der Waals surface area (Å²) in [6.07, 6.45) is -0.337. The van der Waals surface area contributed by atoms with Crippen LogP contribution in [-0.2, 0) is 16.0 Å². The van der Waals surface area contributed by atoms with Crippen LogP contribution in [0.4, 0.5) is 5.69 Å². The van der Waals surface area contributed by atoms with Crippen molar-refractivity contribution in [3.63, 3.8) is 0 Å². The van der Waals surface area contributed by atoms with Crippen molar-refractivity contribution in [1.82, 2.24) is 20.6 Å². The summed E-state index contributed by atoms with van der Waals surface area (Å²) in [5, 5.41) is 15.0. The molecule has 7 nitrogen and oxygen atoms in total. The molecule has 1 N–H and O–H groups in total. The number of anilines is 1.